The first kappa shape index (κ1) is 24.5. The van der Waals surface area contributed by atoms with E-state index in [1.807, 2.05) is 42.5 Å². The molecule has 29 heavy (non-hydrogen) atoms. The number of ether oxygens (including phenoxy) is 2. The number of nitrogens with zero attached hydrogens (tertiary/aromatic N) is 2. The van der Waals surface area contributed by atoms with Crippen LogP contribution in [0, 0.1) is 0 Å². The molecule has 1 amide bonds. The number of carbonyl (C=O) groups excluding carboxylic acids is 1. The molecule has 2 aromatic rings. The lowest BCUT2D eigenvalue weighted by atomic mass is 10.1. The van der Waals surface area contributed by atoms with Crippen LogP contribution in [0.15, 0.2) is 47.5 Å². The van der Waals surface area contributed by atoms with E-state index in [2.05, 4.69) is 15.6 Å². The largest absolute Gasteiger partial charge is 0.497 e. The molecule has 0 aliphatic heterocycles. The molecule has 2 aromatic carbocycles. The zero-order valence-corrected chi connectivity index (χ0v) is 19.8. The highest BCUT2D eigenvalue weighted by molar-refractivity contribution is 14.0. The van der Waals surface area contributed by atoms with E-state index in [0.717, 1.165) is 22.6 Å². The van der Waals surface area contributed by atoms with Crippen LogP contribution in [0.3, 0.4) is 0 Å². The average Bonchev–Trinajstić information content (AvgIpc) is 2.73. The van der Waals surface area contributed by atoms with Gasteiger partial charge in [0.05, 0.1) is 14.2 Å². The lowest BCUT2D eigenvalue weighted by molar-refractivity contribution is 0.0827. The van der Waals surface area contributed by atoms with Crippen molar-refractivity contribution in [1.82, 2.24) is 15.5 Å². The lowest BCUT2D eigenvalue weighted by Gasteiger charge is -2.15. The maximum atomic E-state index is 11.9. The number of hydrogen-bond donors (Lipinski definition) is 2. The third kappa shape index (κ3) is 7.12. The zero-order valence-electron chi connectivity index (χ0n) is 17.5. The normalized spacial score (nSPS) is 10.6. The highest BCUT2D eigenvalue weighted by Gasteiger charge is 2.08. The maximum absolute atomic E-state index is 11.9. The van der Waals surface area contributed by atoms with Crippen molar-refractivity contribution in [2.75, 3.05) is 35.4 Å². The van der Waals surface area contributed by atoms with E-state index in [1.165, 1.54) is 0 Å². The van der Waals surface area contributed by atoms with Crippen LogP contribution in [-0.4, -0.2) is 52.1 Å². The van der Waals surface area contributed by atoms with Gasteiger partial charge < -0.3 is 25.0 Å². The van der Waals surface area contributed by atoms with E-state index < -0.39 is 0 Å². The Balaban J connectivity index is 0.00000420. The monoisotopic (exact) mass is 512 g/mol. The van der Waals surface area contributed by atoms with E-state index in [1.54, 1.807) is 40.3 Å². The summed E-state index contributed by atoms with van der Waals surface area (Å²) in [4.78, 5) is 17.8. The van der Waals surface area contributed by atoms with Gasteiger partial charge in [-0.1, -0.05) is 12.1 Å². The summed E-state index contributed by atoms with van der Waals surface area (Å²) in [7, 11) is 8.47. The number of guanidine groups is 1. The van der Waals surface area contributed by atoms with Crippen molar-refractivity contribution < 1.29 is 14.3 Å². The van der Waals surface area contributed by atoms with Crippen LogP contribution in [0.4, 0.5) is 0 Å². The molecule has 0 heterocycles. The minimum Gasteiger partial charge on any atom is -0.497 e. The van der Waals surface area contributed by atoms with Gasteiger partial charge in [-0.2, -0.15) is 0 Å². The number of methoxy groups -OCH3 is 2. The van der Waals surface area contributed by atoms with Crippen molar-refractivity contribution in [3.63, 3.8) is 0 Å². The predicted molar refractivity (Wildman–Crippen MR) is 126 cm³/mol. The topological polar surface area (TPSA) is 75.2 Å². The molecule has 0 radical (unpaired) electrons. The van der Waals surface area contributed by atoms with Crippen molar-refractivity contribution >= 4 is 35.8 Å². The van der Waals surface area contributed by atoms with Gasteiger partial charge in [-0.25, -0.2) is 0 Å². The Morgan fingerprint density at radius 1 is 1.00 bits per heavy atom. The van der Waals surface area contributed by atoms with E-state index in [4.69, 9.17) is 9.47 Å². The van der Waals surface area contributed by atoms with E-state index in [0.29, 0.717) is 24.6 Å². The van der Waals surface area contributed by atoms with E-state index in [-0.39, 0.29) is 29.9 Å². The number of rotatable bonds is 7. The molecule has 2 N–H and O–H groups in total. The minimum absolute atomic E-state index is 0. The van der Waals surface area contributed by atoms with Gasteiger partial charge in [0.15, 0.2) is 5.96 Å². The first-order chi connectivity index (χ1) is 13.5. The second-order valence-corrected chi connectivity index (χ2v) is 6.35. The van der Waals surface area contributed by atoms with Gasteiger partial charge >= 0.3 is 0 Å². The van der Waals surface area contributed by atoms with Crippen LogP contribution < -0.4 is 20.1 Å². The molecule has 0 aromatic heterocycles. The number of halogens is 1. The Bertz CT molecular complexity index is 823. The second-order valence-electron chi connectivity index (χ2n) is 6.35. The summed E-state index contributed by atoms with van der Waals surface area (Å²) in [5, 5.41) is 6.54. The number of hydrogen-bond acceptors (Lipinski definition) is 4. The molecule has 7 nitrogen and oxygen atoms in total. The Kier molecular flexibility index (Phi) is 10.3. The summed E-state index contributed by atoms with van der Waals surface area (Å²) < 4.78 is 10.6. The molecule has 0 aliphatic rings. The average molecular weight is 512 g/mol. The molecule has 2 rings (SSSR count). The quantitative estimate of drug-likeness (QED) is 0.339. The number of aliphatic imine (C=N–C) groups is 1. The number of amides is 1. The van der Waals surface area contributed by atoms with Gasteiger partial charge in [0.25, 0.3) is 5.91 Å². The molecule has 0 spiro atoms. The van der Waals surface area contributed by atoms with Crippen molar-refractivity contribution in [3.05, 3.63) is 59.2 Å². The van der Waals surface area contributed by atoms with Crippen LogP contribution in [0.1, 0.15) is 21.5 Å². The molecule has 158 valence electrons. The van der Waals surface area contributed by atoms with Crippen LogP contribution >= 0.6 is 24.0 Å². The highest BCUT2D eigenvalue weighted by atomic mass is 127. The van der Waals surface area contributed by atoms with Gasteiger partial charge in [0, 0.05) is 51.4 Å². The molecule has 0 fully saturated rings. The Labute approximate surface area is 189 Å². The molecule has 0 atom stereocenters. The number of nitrogens with one attached hydrogen (secondary N) is 2. The Hall–Kier alpha value is -2.49. The van der Waals surface area contributed by atoms with Crippen LogP contribution in [0.2, 0.25) is 0 Å². The van der Waals surface area contributed by atoms with E-state index >= 15 is 0 Å². The van der Waals surface area contributed by atoms with Gasteiger partial charge in [0.1, 0.15) is 11.5 Å². The van der Waals surface area contributed by atoms with Crippen LogP contribution in [0.25, 0.3) is 0 Å². The summed E-state index contributed by atoms with van der Waals surface area (Å²) >= 11 is 0. The molecule has 0 saturated heterocycles. The molecular weight excluding hydrogens is 483 g/mol. The van der Waals surface area contributed by atoms with Crippen molar-refractivity contribution in [2.45, 2.75) is 13.1 Å². The standard InChI is InChI=1S/C21H28N4O3.HI/c1-22-21(24-14-17-10-11-18(27-4)12-19(17)28-5)23-13-15-6-8-16(9-7-15)20(26)25(2)3;/h6-12H,13-14H2,1-5H3,(H2,22,23,24);1H. The molecule has 0 bridgehead atoms. The number of carbonyl (C=O) groups is 1. The molecule has 0 unspecified atom stereocenters. The fraction of sp³-hybridized carbons (Fsp3) is 0.333. The minimum atomic E-state index is -0.00887. The Morgan fingerprint density at radius 2 is 1.66 bits per heavy atom. The summed E-state index contributed by atoms with van der Waals surface area (Å²) in [5.74, 6) is 2.17. The lowest BCUT2D eigenvalue weighted by Crippen LogP contribution is -2.36. The summed E-state index contributed by atoms with van der Waals surface area (Å²) in [6.45, 7) is 1.15. The second kappa shape index (κ2) is 12.2. The van der Waals surface area contributed by atoms with Crippen LogP contribution in [0.5, 0.6) is 11.5 Å². The third-order valence-corrected chi connectivity index (χ3v) is 4.23. The zero-order chi connectivity index (χ0) is 20.5. The third-order valence-electron chi connectivity index (χ3n) is 4.23. The van der Waals surface area contributed by atoms with E-state index in [9.17, 15) is 4.79 Å². The summed E-state index contributed by atoms with van der Waals surface area (Å²) in [5.41, 5.74) is 2.72. The fourth-order valence-corrected chi connectivity index (χ4v) is 2.61. The van der Waals surface area contributed by atoms with Crippen LogP contribution in [-0.2, 0) is 13.1 Å². The fourth-order valence-electron chi connectivity index (χ4n) is 2.61. The number of benzene rings is 2. The summed E-state index contributed by atoms with van der Waals surface area (Å²) in [6, 6.07) is 13.2. The first-order valence-electron chi connectivity index (χ1n) is 8.94. The van der Waals surface area contributed by atoms with Gasteiger partial charge in [-0.15, -0.1) is 24.0 Å². The molecule has 8 heteroatoms. The van der Waals surface area contributed by atoms with Gasteiger partial charge in [-0.3, -0.25) is 9.79 Å². The maximum Gasteiger partial charge on any atom is 0.253 e. The van der Waals surface area contributed by atoms with Crippen molar-refractivity contribution in [3.8, 4) is 11.5 Å². The Morgan fingerprint density at radius 3 is 2.21 bits per heavy atom. The first-order valence-corrected chi connectivity index (χ1v) is 8.94. The van der Waals surface area contributed by atoms with Crippen molar-refractivity contribution in [2.24, 2.45) is 4.99 Å². The highest BCUT2D eigenvalue weighted by Crippen LogP contribution is 2.24. The van der Waals surface area contributed by atoms with Gasteiger partial charge in [0.2, 0.25) is 0 Å². The molecular formula is C21H29IN4O3. The molecule has 0 aliphatic carbocycles. The summed E-state index contributed by atoms with van der Waals surface area (Å²) in [6.07, 6.45) is 0. The smallest absolute Gasteiger partial charge is 0.253 e. The van der Waals surface area contributed by atoms with Crippen molar-refractivity contribution in [1.29, 1.82) is 0 Å². The predicted octanol–water partition coefficient (Wildman–Crippen LogP) is 2.89. The molecule has 0 saturated carbocycles. The SMILES string of the molecule is CN=C(NCc1ccc(C(=O)N(C)C)cc1)NCc1ccc(OC)cc1OC.I. The van der Waals surface area contributed by atoms with Gasteiger partial charge in [-0.05, 0) is 29.8 Å².